The van der Waals surface area contributed by atoms with Gasteiger partial charge in [-0.1, -0.05) is 71.8 Å². The smallest absolute Gasteiger partial charge is 0.339 e. The van der Waals surface area contributed by atoms with Crippen molar-refractivity contribution in [1.82, 2.24) is 5.32 Å². The van der Waals surface area contributed by atoms with E-state index in [1.807, 2.05) is 25.1 Å². The molecule has 158 valence electrons. The van der Waals surface area contributed by atoms with Crippen LogP contribution in [0, 0.1) is 6.92 Å². The number of esters is 1. The van der Waals surface area contributed by atoms with Crippen molar-refractivity contribution < 1.29 is 19.1 Å². The summed E-state index contributed by atoms with van der Waals surface area (Å²) < 4.78 is 5.17. The highest BCUT2D eigenvalue weighted by Crippen LogP contribution is 2.18. The molecule has 0 aliphatic rings. The lowest BCUT2D eigenvalue weighted by atomic mass is 9.98. The van der Waals surface area contributed by atoms with Crippen molar-refractivity contribution >= 4 is 29.3 Å². The fraction of sp³-hybridized carbons (Fsp3) is 0.160. The van der Waals surface area contributed by atoms with E-state index in [2.05, 4.69) is 5.32 Å². The zero-order valence-electron chi connectivity index (χ0n) is 17.2. The lowest BCUT2D eigenvalue weighted by Crippen LogP contribution is -2.31. The Kier molecular flexibility index (Phi) is 7.21. The first-order chi connectivity index (χ1) is 14.8. The molecule has 0 saturated heterocycles. The molecule has 0 spiro atoms. The number of hydrogen-bond acceptors (Lipinski definition) is 4. The van der Waals surface area contributed by atoms with E-state index in [-0.39, 0.29) is 23.0 Å². The number of hydrogen-bond donors (Lipinski definition) is 1. The number of ether oxygens (including phenoxy) is 1. The van der Waals surface area contributed by atoms with Gasteiger partial charge in [-0.05, 0) is 37.6 Å². The van der Waals surface area contributed by atoms with Crippen LogP contribution in [0.5, 0.6) is 0 Å². The Morgan fingerprint density at radius 1 is 0.935 bits per heavy atom. The monoisotopic (exact) mass is 435 g/mol. The summed E-state index contributed by atoms with van der Waals surface area (Å²) in [5.74, 6) is -1.48. The Balaban J connectivity index is 1.65. The SMILES string of the molecule is Cc1ccc(C(=O)c2ccccc2C(=O)OCC(=O)N[C@@H](C)c2cccc(Cl)c2)cc1. The molecule has 0 heterocycles. The molecule has 0 aromatic heterocycles. The minimum Gasteiger partial charge on any atom is -0.452 e. The fourth-order valence-corrected chi connectivity index (χ4v) is 3.27. The van der Waals surface area contributed by atoms with Gasteiger partial charge >= 0.3 is 5.97 Å². The Labute approximate surface area is 186 Å². The summed E-state index contributed by atoms with van der Waals surface area (Å²) in [6, 6.07) is 20.3. The number of aryl methyl sites for hydroxylation is 1. The van der Waals surface area contributed by atoms with Gasteiger partial charge in [-0.25, -0.2) is 4.79 Å². The van der Waals surface area contributed by atoms with Crippen LogP contribution in [0.2, 0.25) is 5.02 Å². The van der Waals surface area contributed by atoms with Gasteiger partial charge in [-0.2, -0.15) is 0 Å². The highest BCUT2D eigenvalue weighted by molar-refractivity contribution is 6.30. The molecule has 3 aromatic rings. The molecule has 6 heteroatoms. The number of nitrogens with one attached hydrogen (secondary N) is 1. The summed E-state index contributed by atoms with van der Waals surface area (Å²) in [4.78, 5) is 37.7. The molecule has 0 saturated carbocycles. The molecule has 3 aromatic carbocycles. The molecular weight excluding hydrogens is 414 g/mol. The molecule has 3 rings (SSSR count). The number of benzene rings is 3. The molecule has 1 atom stereocenters. The summed E-state index contributed by atoms with van der Waals surface area (Å²) in [5.41, 5.74) is 2.68. The lowest BCUT2D eigenvalue weighted by Gasteiger charge is -2.15. The second-order valence-electron chi connectivity index (χ2n) is 7.16. The van der Waals surface area contributed by atoms with E-state index < -0.39 is 18.5 Å². The van der Waals surface area contributed by atoms with Crippen LogP contribution in [0.4, 0.5) is 0 Å². The standard InChI is InChI=1S/C25H22ClNO4/c1-16-10-12-18(13-11-16)24(29)21-8-3-4-9-22(21)25(30)31-15-23(28)27-17(2)19-6-5-7-20(26)14-19/h3-14,17H,15H2,1-2H3,(H,27,28)/t17-/m0/s1. The minimum absolute atomic E-state index is 0.115. The van der Waals surface area contributed by atoms with Gasteiger partial charge in [0.1, 0.15) is 0 Å². The van der Waals surface area contributed by atoms with Gasteiger partial charge in [0, 0.05) is 16.1 Å². The van der Waals surface area contributed by atoms with E-state index in [0.29, 0.717) is 10.6 Å². The fourth-order valence-electron chi connectivity index (χ4n) is 3.07. The second kappa shape index (κ2) is 10.0. The van der Waals surface area contributed by atoms with Gasteiger partial charge < -0.3 is 10.1 Å². The summed E-state index contributed by atoms with van der Waals surface area (Å²) in [5, 5.41) is 3.33. The van der Waals surface area contributed by atoms with Crippen LogP contribution in [0.15, 0.2) is 72.8 Å². The maximum absolute atomic E-state index is 12.9. The van der Waals surface area contributed by atoms with Gasteiger partial charge in [0.2, 0.25) is 0 Å². The predicted molar refractivity (Wildman–Crippen MR) is 119 cm³/mol. The first kappa shape index (κ1) is 22.2. The average Bonchev–Trinajstić information content (AvgIpc) is 2.77. The van der Waals surface area contributed by atoms with Gasteiger partial charge in [0.05, 0.1) is 11.6 Å². The second-order valence-corrected chi connectivity index (χ2v) is 7.60. The van der Waals surface area contributed by atoms with Crippen molar-refractivity contribution in [3.8, 4) is 0 Å². The number of ketones is 1. The zero-order chi connectivity index (χ0) is 22.4. The van der Waals surface area contributed by atoms with Crippen LogP contribution in [-0.2, 0) is 9.53 Å². The summed E-state index contributed by atoms with van der Waals surface area (Å²) in [6.45, 7) is 3.27. The van der Waals surface area contributed by atoms with Crippen molar-refractivity contribution in [3.05, 3.63) is 106 Å². The number of amides is 1. The first-order valence-electron chi connectivity index (χ1n) is 9.77. The van der Waals surface area contributed by atoms with Crippen LogP contribution >= 0.6 is 11.6 Å². The molecular formula is C25H22ClNO4. The van der Waals surface area contributed by atoms with E-state index in [9.17, 15) is 14.4 Å². The third-order valence-corrected chi connectivity index (χ3v) is 5.00. The molecule has 0 aliphatic heterocycles. The van der Waals surface area contributed by atoms with Crippen LogP contribution in [-0.4, -0.2) is 24.3 Å². The highest BCUT2D eigenvalue weighted by Gasteiger charge is 2.20. The molecule has 0 radical (unpaired) electrons. The van der Waals surface area contributed by atoms with Crippen molar-refractivity contribution in [2.75, 3.05) is 6.61 Å². The predicted octanol–water partition coefficient (Wildman–Crippen LogP) is 4.91. The summed E-state index contributed by atoms with van der Waals surface area (Å²) in [6.07, 6.45) is 0. The summed E-state index contributed by atoms with van der Waals surface area (Å²) in [7, 11) is 0. The van der Waals surface area contributed by atoms with Crippen molar-refractivity contribution in [1.29, 1.82) is 0 Å². The maximum Gasteiger partial charge on any atom is 0.339 e. The number of carbonyl (C=O) groups is 3. The highest BCUT2D eigenvalue weighted by atomic mass is 35.5. The van der Waals surface area contributed by atoms with E-state index in [0.717, 1.165) is 11.1 Å². The third-order valence-electron chi connectivity index (χ3n) is 4.77. The third kappa shape index (κ3) is 5.80. The van der Waals surface area contributed by atoms with E-state index in [1.165, 1.54) is 6.07 Å². The van der Waals surface area contributed by atoms with Crippen molar-refractivity contribution in [2.24, 2.45) is 0 Å². The molecule has 1 amide bonds. The molecule has 1 N–H and O–H groups in total. The normalized spacial score (nSPS) is 11.5. The van der Waals surface area contributed by atoms with Gasteiger partial charge in [-0.3, -0.25) is 9.59 Å². The van der Waals surface area contributed by atoms with Gasteiger partial charge in [-0.15, -0.1) is 0 Å². The Hall–Kier alpha value is -3.44. The van der Waals surface area contributed by atoms with Crippen molar-refractivity contribution in [2.45, 2.75) is 19.9 Å². The Morgan fingerprint density at radius 2 is 1.61 bits per heavy atom. The van der Waals surface area contributed by atoms with Crippen LogP contribution < -0.4 is 5.32 Å². The first-order valence-corrected chi connectivity index (χ1v) is 10.2. The molecule has 0 unspecified atom stereocenters. The molecule has 0 fully saturated rings. The summed E-state index contributed by atoms with van der Waals surface area (Å²) >= 11 is 5.98. The quantitative estimate of drug-likeness (QED) is 0.422. The Morgan fingerprint density at radius 3 is 2.29 bits per heavy atom. The topological polar surface area (TPSA) is 72.5 Å². The largest absolute Gasteiger partial charge is 0.452 e. The number of rotatable bonds is 7. The van der Waals surface area contributed by atoms with Crippen LogP contribution in [0.25, 0.3) is 0 Å². The molecule has 0 bridgehead atoms. The van der Waals surface area contributed by atoms with Crippen LogP contribution in [0.3, 0.4) is 0 Å². The molecule has 0 aliphatic carbocycles. The van der Waals surface area contributed by atoms with Crippen molar-refractivity contribution in [3.63, 3.8) is 0 Å². The lowest BCUT2D eigenvalue weighted by molar-refractivity contribution is -0.124. The van der Waals surface area contributed by atoms with Crippen LogP contribution in [0.1, 0.15) is 50.4 Å². The van der Waals surface area contributed by atoms with Gasteiger partial charge in [0.25, 0.3) is 5.91 Å². The average molecular weight is 436 g/mol. The van der Waals surface area contributed by atoms with E-state index in [4.69, 9.17) is 16.3 Å². The number of halogens is 1. The zero-order valence-corrected chi connectivity index (χ0v) is 18.0. The number of carbonyl (C=O) groups excluding carboxylic acids is 3. The minimum atomic E-state index is -0.735. The van der Waals surface area contributed by atoms with Gasteiger partial charge in [0.15, 0.2) is 12.4 Å². The molecule has 31 heavy (non-hydrogen) atoms. The Bertz CT molecular complexity index is 1110. The maximum atomic E-state index is 12.9. The molecule has 5 nitrogen and oxygen atoms in total. The van der Waals surface area contributed by atoms with E-state index >= 15 is 0 Å². The van der Waals surface area contributed by atoms with E-state index in [1.54, 1.807) is 55.5 Å².